The van der Waals surface area contributed by atoms with Crippen molar-refractivity contribution >= 4 is 23.1 Å². The molecule has 0 radical (unpaired) electrons. The van der Waals surface area contributed by atoms with E-state index in [0.29, 0.717) is 11.7 Å². The molecule has 0 aliphatic heterocycles. The minimum absolute atomic E-state index is 0.0955. The molecule has 0 aliphatic rings. The molecule has 3 rings (SSSR count). The van der Waals surface area contributed by atoms with Crippen LogP contribution in [0.25, 0.3) is 0 Å². The van der Waals surface area contributed by atoms with Gasteiger partial charge in [-0.25, -0.2) is 0 Å². The van der Waals surface area contributed by atoms with Gasteiger partial charge in [-0.3, -0.25) is 0 Å². The maximum atomic E-state index is 12.8. The highest BCUT2D eigenvalue weighted by molar-refractivity contribution is 5.59. The molecular formula is C19H18F3N5. The van der Waals surface area contributed by atoms with Gasteiger partial charge in [0.1, 0.15) is 0 Å². The number of nitrogens with one attached hydrogen (secondary N) is 2. The SMILES string of the molecule is CC(C)c1ccc(Nc2cnnc(Nc3cccc(C(F)(F)F)c3)n2)cc1. The van der Waals surface area contributed by atoms with E-state index in [1.807, 2.05) is 24.3 Å². The van der Waals surface area contributed by atoms with Crippen molar-refractivity contribution in [3.05, 3.63) is 65.9 Å². The first-order valence-electron chi connectivity index (χ1n) is 8.32. The van der Waals surface area contributed by atoms with Crippen LogP contribution < -0.4 is 10.6 Å². The summed E-state index contributed by atoms with van der Waals surface area (Å²) in [5.41, 5.74) is 1.52. The molecule has 8 heteroatoms. The molecule has 0 unspecified atom stereocenters. The molecule has 0 spiro atoms. The Hall–Kier alpha value is -3.16. The number of hydrogen-bond donors (Lipinski definition) is 2. The Kier molecular flexibility index (Phi) is 5.25. The standard InChI is InChI=1S/C19H18F3N5/c1-12(2)13-6-8-15(9-7-13)24-17-11-23-27-18(26-17)25-16-5-3-4-14(10-16)19(20,21)22/h3-12H,1-2H3,(H2,24,25,26,27). The van der Waals surface area contributed by atoms with Crippen molar-refractivity contribution in [3.8, 4) is 0 Å². The first kappa shape index (κ1) is 18.6. The fourth-order valence-electron chi connectivity index (χ4n) is 2.42. The third-order valence-electron chi connectivity index (χ3n) is 3.85. The summed E-state index contributed by atoms with van der Waals surface area (Å²) in [6.45, 7) is 4.23. The van der Waals surface area contributed by atoms with E-state index < -0.39 is 11.7 Å². The summed E-state index contributed by atoms with van der Waals surface area (Å²) in [4.78, 5) is 4.24. The lowest BCUT2D eigenvalue weighted by Gasteiger charge is -2.11. The van der Waals surface area contributed by atoms with Gasteiger partial charge in [-0.15, -0.1) is 5.10 Å². The molecule has 2 aromatic carbocycles. The molecule has 0 aliphatic carbocycles. The number of rotatable bonds is 5. The first-order chi connectivity index (χ1) is 12.8. The summed E-state index contributed by atoms with van der Waals surface area (Å²) in [6.07, 6.45) is -2.98. The zero-order valence-electron chi connectivity index (χ0n) is 14.7. The molecule has 0 saturated heterocycles. The maximum absolute atomic E-state index is 12.8. The van der Waals surface area contributed by atoms with Gasteiger partial charge in [0.05, 0.1) is 11.8 Å². The summed E-state index contributed by atoms with van der Waals surface area (Å²) >= 11 is 0. The second-order valence-corrected chi connectivity index (χ2v) is 6.27. The van der Waals surface area contributed by atoms with E-state index in [1.54, 1.807) is 0 Å². The van der Waals surface area contributed by atoms with Gasteiger partial charge < -0.3 is 10.6 Å². The predicted octanol–water partition coefficient (Wildman–Crippen LogP) is 5.50. The Bertz CT molecular complexity index is 908. The van der Waals surface area contributed by atoms with E-state index in [9.17, 15) is 13.2 Å². The maximum Gasteiger partial charge on any atom is 0.416 e. The molecular weight excluding hydrogens is 355 g/mol. The molecule has 5 nitrogen and oxygen atoms in total. The highest BCUT2D eigenvalue weighted by atomic mass is 19.4. The number of nitrogens with zero attached hydrogens (tertiary/aromatic N) is 3. The second kappa shape index (κ2) is 7.61. The van der Waals surface area contributed by atoms with Crippen molar-refractivity contribution in [2.24, 2.45) is 0 Å². The minimum atomic E-state index is -4.41. The normalized spacial score (nSPS) is 11.5. The fraction of sp³-hybridized carbons (Fsp3) is 0.211. The number of benzene rings is 2. The summed E-state index contributed by atoms with van der Waals surface area (Å²) < 4.78 is 38.4. The summed E-state index contributed by atoms with van der Waals surface area (Å²) in [5.74, 6) is 0.956. The molecule has 2 N–H and O–H groups in total. The van der Waals surface area contributed by atoms with Crippen molar-refractivity contribution in [1.82, 2.24) is 15.2 Å². The molecule has 1 aromatic heterocycles. The number of hydrogen-bond acceptors (Lipinski definition) is 5. The van der Waals surface area contributed by atoms with Crippen molar-refractivity contribution in [3.63, 3.8) is 0 Å². The smallest absolute Gasteiger partial charge is 0.339 e. The highest BCUT2D eigenvalue weighted by Crippen LogP contribution is 2.31. The number of halogens is 3. The van der Waals surface area contributed by atoms with E-state index in [1.165, 1.54) is 23.9 Å². The molecule has 140 valence electrons. The minimum Gasteiger partial charge on any atom is -0.339 e. The van der Waals surface area contributed by atoms with Gasteiger partial charge in [0.2, 0.25) is 5.95 Å². The van der Waals surface area contributed by atoms with Crippen molar-refractivity contribution in [2.75, 3.05) is 10.6 Å². The van der Waals surface area contributed by atoms with E-state index >= 15 is 0 Å². The molecule has 3 aromatic rings. The van der Waals surface area contributed by atoms with Gasteiger partial charge >= 0.3 is 6.18 Å². The van der Waals surface area contributed by atoms with Gasteiger partial charge in [0.15, 0.2) is 5.82 Å². The van der Waals surface area contributed by atoms with Crippen molar-refractivity contribution < 1.29 is 13.2 Å². The topological polar surface area (TPSA) is 62.7 Å². The van der Waals surface area contributed by atoms with Crippen molar-refractivity contribution in [2.45, 2.75) is 25.9 Å². The molecule has 0 fully saturated rings. The van der Waals surface area contributed by atoms with Crippen LogP contribution in [0.3, 0.4) is 0 Å². The van der Waals surface area contributed by atoms with Crippen LogP contribution in [0, 0.1) is 0 Å². The number of aromatic nitrogens is 3. The third kappa shape index (κ3) is 4.93. The number of alkyl halides is 3. The molecule has 0 atom stereocenters. The van der Waals surface area contributed by atoms with E-state index in [4.69, 9.17) is 0 Å². The summed E-state index contributed by atoms with van der Waals surface area (Å²) in [5, 5.41) is 13.5. The van der Waals surface area contributed by atoms with Crippen LogP contribution >= 0.6 is 0 Å². The Balaban J connectivity index is 1.74. The molecule has 1 heterocycles. The van der Waals surface area contributed by atoms with E-state index in [2.05, 4.69) is 39.7 Å². The fourth-order valence-corrected chi connectivity index (χ4v) is 2.42. The highest BCUT2D eigenvalue weighted by Gasteiger charge is 2.30. The van der Waals surface area contributed by atoms with E-state index in [0.717, 1.165) is 17.8 Å². The van der Waals surface area contributed by atoms with Crippen LogP contribution in [0.5, 0.6) is 0 Å². The third-order valence-corrected chi connectivity index (χ3v) is 3.85. The Morgan fingerprint density at radius 3 is 2.33 bits per heavy atom. The first-order valence-corrected chi connectivity index (χ1v) is 8.32. The van der Waals surface area contributed by atoms with Gasteiger partial charge in [-0.05, 0) is 41.8 Å². The summed E-state index contributed by atoms with van der Waals surface area (Å²) in [6, 6.07) is 12.7. The second-order valence-electron chi connectivity index (χ2n) is 6.27. The Morgan fingerprint density at radius 1 is 0.926 bits per heavy atom. The van der Waals surface area contributed by atoms with Crippen LogP contribution in [0.1, 0.15) is 30.9 Å². The quantitative estimate of drug-likeness (QED) is 0.618. The van der Waals surface area contributed by atoms with Gasteiger partial charge in [-0.1, -0.05) is 32.0 Å². The Morgan fingerprint density at radius 2 is 1.67 bits per heavy atom. The monoisotopic (exact) mass is 373 g/mol. The number of anilines is 4. The molecule has 0 bridgehead atoms. The predicted molar refractivity (Wildman–Crippen MR) is 98.4 cm³/mol. The Labute approximate surface area is 154 Å². The summed E-state index contributed by atoms with van der Waals surface area (Å²) in [7, 11) is 0. The zero-order valence-corrected chi connectivity index (χ0v) is 14.7. The van der Waals surface area contributed by atoms with Gasteiger partial charge in [0, 0.05) is 11.4 Å². The lowest BCUT2D eigenvalue weighted by Crippen LogP contribution is -2.06. The van der Waals surface area contributed by atoms with Crippen LogP contribution in [0.4, 0.5) is 36.3 Å². The zero-order chi connectivity index (χ0) is 19.4. The lowest BCUT2D eigenvalue weighted by molar-refractivity contribution is -0.137. The average molecular weight is 373 g/mol. The van der Waals surface area contributed by atoms with Crippen LogP contribution in [0.15, 0.2) is 54.7 Å². The molecule has 27 heavy (non-hydrogen) atoms. The molecule has 0 amide bonds. The van der Waals surface area contributed by atoms with Crippen LogP contribution in [-0.2, 0) is 6.18 Å². The van der Waals surface area contributed by atoms with Gasteiger partial charge in [-0.2, -0.15) is 23.3 Å². The van der Waals surface area contributed by atoms with Crippen LogP contribution in [-0.4, -0.2) is 15.2 Å². The van der Waals surface area contributed by atoms with Crippen LogP contribution in [0.2, 0.25) is 0 Å². The van der Waals surface area contributed by atoms with E-state index in [-0.39, 0.29) is 11.6 Å². The average Bonchev–Trinajstić information content (AvgIpc) is 2.62. The largest absolute Gasteiger partial charge is 0.416 e. The van der Waals surface area contributed by atoms with Gasteiger partial charge in [0.25, 0.3) is 0 Å². The van der Waals surface area contributed by atoms with Crippen molar-refractivity contribution in [1.29, 1.82) is 0 Å². The molecule has 0 saturated carbocycles. The lowest BCUT2D eigenvalue weighted by atomic mass is 10.0.